The molecule has 0 N–H and O–H groups in total. The number of amides is 2. The van der Waals surface area contributed by atoms with Crippen LogP contribution in [-0.4, -0.2) is 23.9 Å². The molecule has 120 valence electrons. The summed E-state index contributed by atoms with van der Waals surface area (Å²) in [5, 5.41) is 9.75. The number of imide groups is 1. The fraction of sp³-hybridized carbons (Fsp3) is 0.125. The molecular weight excluding hydrogens is 335 g/mol. The van der Waals surface area contributed by atoms with E-state index in [1.165, 1.54) is 29.3 Å². The largest absolute Gasteiger partial charge is 0.271 e. The summed E-state index contributed by atoms with van der Waals surface area (Å²) in [4.78, 5) is 26.3. The van der Waals surface area contributed by atoms with E-state index in [0.717, 1.165) is 4.90 Å². The third-order valence-electron chi connectivity index (χ3n) is 3.94. The van der Waals surface area contributed by atoms with E-state index >= 15 is 0 Å². The molecule has 0 aromatic heterocycles. The second-order valence-electron chi connectivity index (χ2n) is 5.41. The van der Waals surface area contributed by atoms with E-state index in [-0.39, 0.29) is 0 Å². The molecule has 4 rings (SSSR count). The van der Waals surface area contributed by atoms with Gasteiger partial charge < -0.3 is 0 Å². The Hall–Kier alpha value is -2.80. The van der Waals surface area contributed by atoms with Gasteiger partial charge in [0.2, 0.25) is 0 Å². The van der Waals surface area contributed by atoms with E-state index in [4.69, 9.17) is 11.6 Å². The van der Waals surface area contributed by atoms with Crippen molar-refractivity contribution in [2.24, 2.45) is 10.3 Å². The molecule has 2 aromatic rings. The van der Waals surface area contributed by atoms with Crippen molar-refractivity contribution in [2.75, 3.05) is 9.91 Å². The zero-order chi connectivity index (χ0) is 16.8. The quantitative estimate of drug-likeness (QED) is 0.787. The highest BCUT2D eigenvalue weighted by Crippen LogP contribution is 2.35. The maximum atomic E-state index is 13.1. The summed E-state index contributed by atoms with van der Waals surface area (Å²) in [5.41, 5.74) is 0.878. The number of anilines is 2. The molecule has 8 heteroatoms. The standard InChI is InChI=1S/C16H10ClFN4O2/c17-9-2-1-3-12(8-9)22-14-13(19-20-22)15(23)21(16(14)24)11-6-4-10(18)5-7-11/h1-8,13-14H/t13-,14-/m1/s1. The molecule has 6 nitrogen and oxygen atoms in total. The molecule has 2 heterocycles. The number of carbonyl (C=O) groups excluding carboxylic acids is 2. The van der Waals surface area contributed by atoms with Gasteiger partial charge in [-0.15, -0.1) is 0 Å². The number of hydrogen-bond acceptors (Lipinski definition) is 5. The zero-order valence-electron chi connectivity index (χ0n) is 12.1. The molecule has 0 bridgehead atoms. The maximum Gasteiger partial charge on any atom is 0.263 e. The van der Waals surface area contributed by atoms with E-state index in [2.05, 4.69) is 10.3 Å². The number of carbonyl (C=O) groups is 2. The smallest absolute Gasteiger partial charge is 0.263 e. The first-order valence-electron chi connectivity index (χ1n) is 7.15. The Balaban J connectivity index is 1.70. The molecule has 0 radical (unpaired) electrons. The van der Waals surface area contributed by atoms with Crippen molar-refractivity contribution in [2.45, 2.75) is 12.1 Å². The SMILES string of the molecule is O=C1[C@@H]2N=NN(c3cccc(Cl)c3)[C@H]2C(=O)N1c1ccc(F)cc1. The van der Waals surface area contributed by atoms with Crippen molar-refractivity contribution < 1.29 is 14.0 Å². The van der Waals surface area contributed by atoms with Crippen LogP contribution in [0.25, 0.3) is 0 Å². The highest BCUT2D eigenvalue weighted by Gasteiger charge is 2.55. The molecule has 1 fully saturated rings. The molecule has 0 saturated carbocycles. The number of nitrogens with zero attached hydrogens (tertiary/aromatic N) is 4. The minimum atomic E-state index is -0.915. The molecule has 24 heavy (non-hydrogen) atoms. The third kappa shape index (κ3) is 2.16. The summed E-state index contributed by atoms with van der Waals surface area (Å²) in [7, 11) is 0. The average Bonchev–Trinajstić information content (AvgIpc) is 3.10. The van der Waals surface area contributed by atoms with Gasteiger partial charge in [0.1, 0.15) is 5.82 Å². The number of benzene rings is 2. The van der Waals surface area contributed by atoms with Crippen LogP contribution in [0.3, 0.4) is 0 Å². The Morgan fingerprint density at radius 2 is 1.75 bits per heavy atom. The fourth-order valence-corrected chi connectivity index (χ4v) is 3.02. The van der Waals surface area contributed by atoms with Crippen LogP contribution in [-0.2, 0) is 9.59 Å². The van der Waals surface area contributed by atoms with Gasteiger partial charge in [-0.25, -0.2) is 14.3 Å². The van der Waals surface area contributed by atoms with Gasteiger partial charge in [0.05, 0.1) is 11.4 Å². The minimum Gasteiger partial charge on any atom is -0.271 e. The Kier molecular flexibility index (Phi) is 3.31. The van der Waals surface area contributed by atoms with Crippen molar-refractivity contribution >= 4 is 34.8 Å². The van der Waals surface area contributed by atoms with E-state index in [1.54, 1.807) is 24.3 Å². The first-order chi connectivity index (χ1) is 11.6. The Labute approximate surface area is 141 Å². The van der Waals surface area contributed by atoms with E-state index in [1.807, 2.05) is 0 Å². The number of fused-ring (bicyclic) bond motifs is 1. The van der Waals surface area contributed by atoms with E-state index in [0.29, 0.717) is 16.4 Å². The van der Waals surface area contributed by atoms with Crippen LogP contribution < -0.4 is 9.91 Å². The summed E-state index contributed by atoms with van der Waals surface area (Å²) in [6.07, 6.45) is 0. The fourth-order valence-electron chi connectivity index (χ4n) is 2.84. The Bertz CT molecular complexity index is 871. The lowest BCUT2D eigenvalue weighted by molar-refractivity contribution is -0.121. The van der Waals surface area contributed by atoms with Crippen LogP contribution in [0, 0.1) is 5.82 Å². The number of rotatable bonds is 2. The lowest BCUT2D eigenvalue weighted by atomic mass is 10.1. The molecule has 0 aliphatic carbocycles. The van der Waals surface area contributed by atoms with Crippen LogP contribution in [0.15, 0.2) is 58.9 Å². The monoisotopic (exact) mass is 344 g/mol. The van der Waals surface area contributed by atoms with Crippen molar-refractivity contribution in [1.82, 2.24) is 0 Å². The molecular formula is C16H10ClFN4O2. The highest BCUT2D eigenvalue weighted by molar-refractivity contribution is 6.31. The lowest BCUT2D eigenvalue weighted by Crippen LogP contribution is -2.39. The number of hydrogen-bond donors (Lipinski definition) is 0. The summed E-state index contributed by atoms with van der Waals surface area (Å²) in [6, 6.07) is 10.2. The van der Waals surface area contributed by atoms with Gasteiger partial charge in [-0.1, -0.05) is 22.9 Å². The average molecular weight is 345 g/mol. The van der Waals surface area contributed by atoms with Crippen LogP contribution in [0.2, 0.25) is 5.02 Å². The van der Waals surface area contributed by atoms with Gasteiger partial charge in [0.25, 0.3) is 11.8 Å². The van der Waals surface area contributed by atoms with E-state index < -0.39 is 29.7 Å². The molecule has 2 atom stereocenters. The normalized spacial score (nSPS) is 22.4. The van der Waals surface area contributed by atoms with Crippen LogP contribution in [0.1, 0.15) is 0 Å². The van der Waals surface area contributed by atoms with Gasteiger partial charge in [-0.05, 0) is 42.5 Å². The summed E-state index contributed by atoms with van der Waals surface area (Å²) in [5.74, 6) is -1.38. The summed E-state index contributed by atoms with van der Waals surface area (Å²) < 4.78 is 13.1. The first kappa shape index (κ1) is 14.8. The van der Waals surface area contributed by atoms with Crippen LogP contribution >= 0.6 is 11.6 Å². The van der Waals surface area contributed by atoms with Crippen LogP contribution in [0.4, 0.5) is 15.8 Å². The molecule has 1 saturated heterocycles. The van der Waals surface area contributed by atoms with Gasteiger partial charge in [-0.3, -0.25) is 9.59 Å². The Morgan fingerprint density at radius 3 is 2.46 bits per heavy atom. The summed E-state index contributed by atoms with van der Waals surface area (Å²) in [6.45, 7) is 0. The molecule has 2 amide bonds. The predicted octanol–water partition coefficient (Wildman–Crippen LogP) is 2.98. The summed E-state index contributed by atoms with van der Waals surface area (Å²) >= 11 is 5.97. The third-order valence-corrected chi connectivity index (χ3v) is 4.17. The maximum absolute atomic E-state index is 13.1. The molecule has 0 spiro atoms. The van der Waals surface area contributed by atoms with Crippen molar-refractivity contribution in [3.8, 4) is 0 Å². The second kappa shape index (κ2) is 5.38. The van der Waals surface area contributed by atoms with Crippen molar-refractivity contribution in [3.63, 3.8) is 0 Å². The minimum absolute atomic E-state index is 0.307. The lowest BCUT2D eigenvalue weighted by Gasteiger charge is -2.20. The molecule has 2 aromatic carbocycles. The van der Waals surface area contributed by atoms with Gasteiger partial charge in [0.15, 0.2) is 12.1 Å². The number of halogens is 2. The van der Waals surface area contributed by atoms with E-state index in [9.17, 15) is 14.0 Å². The predicted molar refractivity (Wildman–Crippen MR) is 85.3 cm³/mol. The molecule has 2 aliphatic heterocycles. The highest BCUT2D eigenvalue weighted by atomic mass is 35.5. The molecule has 0 unspecified atom stereocenters. The first-order valence-corrected chi connectivity index (χ1v) is 7.53. The second-order valence-corrected chi connectivity index (χ2v) is 5.84. The Morgan fingerprint density at radius 1 is 1.00 bits per heavy atom. The topological polar surface area (TPSA) is 65.3 Å². The van der Waals surface area contributed by atoms with Crippen LogP contribution in [0.5, 0.6) is 0 Å². The molecule has 2 aliphatic rings. The zero-order valence-corrected chi connectivity index (χ0v) is 12.9. The van der Waals surface area contributed by atoms with Gasteiger partial charge in [0, 0.05) is 5.02 Å². The van der Waals surface area contributed by atoms with Crippen molar-refractivity contribution in [3.05, 3.63) is 59.4 Å². The van der Waals surface area contributed by atoms with Gasteiger partial charge in [-0.2, -0.15) is 5.11 Å². The van der Waals surface area contributed by atoms with Gasteiger partial charge >= 0.3 is 0 Å². The van der Waals surface area contributed by atoms with Crippen molar-refractivity contribution in [1.29, 1.82) is 0 Å².